The summed E-state index contributed by atoms with van der Waals surface area (Å²) in [5.74, 6) is -0.243. The number of carbonyl (C=O) groups is 2. The second kappa shape index (κ2) is 7.05. The van der Waals surface area contributed by atoms with E-state index in [4.69, 9.17) is 4.74 Å². The van der Waals surface area contributed by atoms with Crippen molar-refractivity contribution < 1.29 is 14.3 Å². The fourth-order valence-corrected chi connectivity index (χ4v) is 1.85. The Bertz CT molecular complexity index is 817. The van der Waals surface area contributed by atoms with Gasteiger partial charge < -0.3 is 10.1 Å². The average Bonchev–Trinajstić information content (AvgIpc) is 3.10. The summed E-state index contributed by atoms with van der Waals surface area (Å²) in [4.78, 5) is 27.2. The van der Waals surface area contributed by atoms with E-state index in [0.29, 0.717) is 17.2 Å². The van der Waals surface area contributed by atoms with Gasteiger partial charge in [0.1, 0.15) is 17.8 Å². The summed E-state index contributed by atoms with van der Waals surface area (Å²) in [5, 5.41) is 10.8. The summed E-state index contributed by atoms with van der Waals surface area (Å²) in [6.45, 7) is 0. The van der Waals surface area contributed by atoms with Gasteiger partial charge in [0, 0.05) is 5.69 Å². The molecular formula is C16H13N5O3. The molecular weight excluding hydrogens is 310 g/mol. The summed E-state index contributed by atoms with van der Waals surface area (Å²) in [7, 11) is 0. The van der Waals surface area contributed by atoms with E-state index in [1.54, 1.807) is 24.3 Å². The van der Waals surface area contributed by atoms with E-state index < -0.39 is 11.8 Å². The maximum absolute atomic E-state index is 11.8. The molecule has 1 heterocycles. The van der Waals surface area contributed by atoms with Crippen molar-refractivity contribution in [2.75, 3.05) is 10.6 Å². The van der Waals surface area contributed by atoms with Gasteiger partial charge in [0.2, 0.25) is 5.95 Å². The van der Waals surface area contributed by atoms with Gasteiger partial charge in [-0.15, -0.1) is 0 Å². The molecule has 0 fully saturated rings. The normalized spacial score (nSPS) is 10.0. The molecule has 0 spiro atoms. The van der Waals surface area contributed by atoms with Gasteiger partial charge in [-0.25, -0.2) is 5.10 Å². The molecule has 24 heavy (non-hydrogen) atoms. The van der Waals surface area contributed by atoms with Gasteiger partial charge in [-0.3, -0.25) is 14.9 Å². The van der Waals surface area contributed by atoms with E-state index in [0.717, 1.165) is 0 Å². The highest BCUT2D eigenvalue weighted by Gasteiger charge is 2.15. The molecule has 8 nitrogen and oxygen atoms in total. The van der Waals surface area contributed by atoms with Crippen molar-refractivity contribution in [3.05, 3.63) is 60.9 Å². The van der Waals surface area contributed by atoms with Crippen LogP contribution in [0.2, 0.25) is 0 Å². The molecule has 2 aromatic carbocycles. The topological polar surface area (TPSA) is 109 Å². The number of rotatable bonds is 4. The number of nitrogens with one attached hydrogen (secondary N) is 3. The van der Waals surface area contributed by atoms with Crippen molar-refractivity contribution in [2.24, 2.45) is 0 Å². The monoisotopic (exact) mass is 323 g/mol. The van der Waals surface area contributed by atoms with E-state index in [-0.39, 0.29) is 5.95 Å². The summed E-state index contributed by atoms with van der Waals surface area (Å²) >= 11 is 0. The highest BCUT2D eigenvalue weighted by atomic mass is 16.5. The Kier molecular flexibility index (Phi) is 4.47. The Labute approximate surface area is 136 Å². The summed E-state index contributed by atoms with van der Waals surface area (Å²) in [5.41, 5.74) is 0.466. The third-order valence-electron chi connectivity index (χ3n) is 2.94. The third kappa shape index (κ3) is 3.95. The van der Waals surface area contributed by atoms with Crippen LogP contribution < -0.4 is 15.4 Å². The molecule has 1 aromatic heterocycles. The fraction of sp³-hybridized carbons (Fsp3) is 0. The van der Waals surface area contributed by atoms with Crippen LogP contribution in [-0.4, -0.2) is 27.0 Å². The molecule has 0 radical (unpaired) electrons. The van der Waals surface area contributed by atoms with Gasteiger partial charge >= 0.3 is 11.8 Å². The molecule has 0 saturated heterocycles. The number of nitrogens with zero attached hydrogens (tertiary/aromatic N) is 2. The Morgan fingerprint density at radius 2 is 1.54 bits per heavy atom. The zero-order chi connectivity index (χ0) is 16.8. The fourth-order valence-electron chi connectivity index (χ4n) is 1.85. The molecule has 0 bridgehead atoms. The van der Waals surface area contributed by atoms with Crippen LogP contribution in [0.1, 0.15) is 0 Å². The molecule has 3 rings (SSSR count). The van der Waals surface area contributed by atoms with Crippen LogP contribution in [-0.2, 0) is 9.59 Å². The summed E-state index contributed by atoms with van der Waals surface area (Å²) in [6.07, 6.45) is 1.22. The smallest absolute Gasteiger partial charge is 0.316 e. The lowest BCUT2D eigenvalue weighted by Gasteiger charge is -2.07. The molecule has 0 aliphatic heterocycles. The number of H-pyrrole nitrogens is 1. The number of aromatic amines is 1. The molecule has 0 saturated carbocycles. The predicted octanol–water partition coefficient (Wildman–Crippen LogP) is 2.17. The minimum Gasteiger partial charge on any atom is -0.457 e. The number of hydrogen-bond acceptors (Lipinski definition) is 5. The van der Waals surface area contributed by atoms with Gasteiger partial charge in [-0.05, 0) is 36.4 Å². The molecule has 0 aliphatic carbocycles. The van der Waals surface area contributed by atoms with Crippen LogP contribution in [0.15, 0.2) is 60.9 Å². The molecule has 2 amide bonds. The van der Waals surface area contributed by atoms with Crippen LogP contribution in [0.25, 0.3) is 0 Å². The maximum Gasteiger partial charge on any atom is 0.316 e. The zero-order valence-electron chi connectivity index (χ0n) is 12.4. The van der Waals surface area contributed by atoms with Gasteiger partial charge in [0.15, 0.2) is 0 Å². The van der Waals surface area contributed by atoms with Crippen LogP contribution >= 0.6 is 0 Å². The Balaban J connectivity index is 1.57. The van der Waals surface area contributed by atoms with Crippen molar-refractivity contribution in [1.82, 2.24) is 15.2 Å². The molecule has 0 unspecified atom stereocenters. The van der Waals surface area contributed by atoms with E-state index in [9.17, 15) is 9.59 Å². The number of carbonyl (C=O) groups excluding carboxylic acids is 2. The quantitative estimate of drug-likeness (QED) is 0.638. The van der Waals surface area contributed by atoms with Gasteiger partial charge in [-0.1, -0.05) is 18.2 Å². The third-order valence-corrected chi connectivity index (χ3v) is 2.94. The van der Waals surface area contributed by atoms with E-state index in [1.807, 2.05) is 30.3 Å². The average molecular weight is 323 g/mol. The van der Waals surface area contributed by atoms with Crippen LogP contribution in [0.3, 0.4) is 0 Å². The van der Waals surface area contributed by atoms with E-state index in [1.165, 1.54) is 6.33 Å². The first-order chi connectivity index (χ1) is 11.7. The molecule has 120 valence electrons. The number of anilines is 2. The second-order valence-corrected chi connectivity index (χ2v) is 4.68. The van der Waals surface area contributed by atoms with Crippen molar-refractivity contribution in [2.45, 2.75) is 0 Å². The number of aromatic nitrogens is 3. The number of amides is 2. The summed E-state index contributed by atoms with van der Waals surface area (Å²) < 4.78 is 5.64. The molecule has 0 atom stereocenters. The first-order valence-electron chi connectivity index (χ1n) is 7.01. The molecule has 3 N–H and O–H groups in total. The largest absolute Gasteiger partial charge is 0.457 e. The predicted molar refractivity (Wildman–Crippen MR) is 86.6 cm³/mol. The minimum atomic E-state index is -0.851. The Morgan fingerprint density at radius 1 is 0.875 bits per heavy atom. The SMILES string of the molecule is O=C(Nc1ccc(Oc2ccccc2)cc1)C(=O)Nc1ncn[nH]1. The number of benzene rings is 2. The summed E-state index contributed by atoms with van der Waals surface area (Å²) in [6, 6.07) is 16.0. The Hall–Kier alpha value is -3.68. The Morgan fingerprint density at radius 3 is 2.21 bits per heavy atom. The van der Waals surface area contributed by atoms with Crippen LogP contribution in [0.5, 0.6) is 11.5 Å². The molecule has 3 aromatic rings. The lowest BCUT2D eigenvalue weighted by Crippen LogP contribution is -2.29. The van der Waals surface area contributed by atoms with E-state index in [2.05, 4.69) is 25.8 Å². The highest BCUT2D eigenvalue weighted by molar-refractivity contribution is 6.43. The first kappa shape index (κ1) is 15.2. The molecule has 8 heteroatoms. The van der Waals surface area contributed by atoms with Crippen molar-refractivity contribution >= 4 is 23.5 Å². The standard InChI is InChI=1S/C16H13N5O3/c22-14(15(23)20-16-17-10-18-21-16)19-11-6-8-13(9-7-11)24-12-4-2-1-3-5-12/h1-10H,(H,19,22)(H2,17,18,20,21,23). The van der Waals surface area contributed by atoms with E-state index >= 15 is 0 Å². The van der Waals surface area contributed by atoms with Crippen molar-refractivity contribution in [3.63, 3.8) is 0 Å². The second-order valence-electron chi connectivity index (χ2n) is 4.68. The minimum absolute atomic E-state index is 0.0989. The number of para-hydroxylation sites is 1. The van der Waals surface area contributed by atoms with Gasteiger partial charge in [0.25, 0.3) is 0 Å². The van der Waals surface area contributed by atoms with Crippen LogP contribution in [0, 0.1) is 0 Å². The highest BCUT2D eigenvalue weighted by Crippen LogP contribution is 2.22. The van der Waals surface area contributed by atoms with Crippen molar-refractivity contribution in [3.8, 4) is 11.5 Å². The van der Waals surface area contributed by atoms with Gasteiger partial charge in [0.05, 0.1) is 0 Å². The number of ether oxygens (including phenoxy) is 1. The van der Waals surface area contributed by atoms with Crippen molar-refractivity contribution in [1.29, 1.82) is 0 Å². The maximum atomic E-state index is 11.8. The molecule has 0 aliphatic rings. The van der Waals surface area contributed by atoms with Crippen LogP contribution in [0.4, 0.5) is 11.6 Å². The lowest BCUT2D eigenvalue weighted by atomic mass is 10.3. The van der Waals surface area contributed by atoms with Gasteiger partial charge in [-0.2, -0.15) is 10.1 Å². The first-order valence-corrected chi connectivity index (χ1v) is 7.01. The zero-order valence-corrected chi connectivity index (χ0v) is 12.4. The lowest BCUT2D eigenvalue weighted by molar-refractivity contribution is -0.133. The number of hydrogen-bond donors (Lipinski definition) is 3.